The van der Waals surface area contributed by atoms with E-state index in [2.05, 4.69) is 22.1 Å². The number of H-pyrrole nitrogens is 1. The van der Waals surface area contributed by atoms with Gasteiger partial charge in [0.15, 0.2) is 0 Å². The zero-order chi connectivity index (χ0) is 16.7. The van der Waals surface area contributed by atoms with Gasteiger partial charge < -0.3 is 9.30 Å². The SMILES string of the molecule is Cc1cn[nH]c1[C@@H]1CCN(C(=O)Cc2c(C)nc3ccccn23)C1. The molecule has 3 aromatic heterocycles. The van der Waals surface area contributed by atoms with Crippen molar-refractivity contribution in [3.8, 4) is 0 Å². The first-order chi connectivity index (χ1) is 11.6. The molecule has 0 radical (unpaired) electrons. The van der Waals surface area contributed by atoms with Crippen molar-refractivity contribution in [2.45, 2.75) is 32.6 Å². The highest BCUT2D eigenvalue weighted by molar-refractivity contribution is 5.79. The lowest BCUT2D eigenvalue weighted by atomic mass is 10.0. The van der Waals surface area contributed by atoms with Crippen molar-refractivity contribution in [1.29, 1.82) is 0 Å². The predicted octanol–water partition coefficient (Wildman–Crippen LogP) is 2.23. The molecule has 0 aromatic carbocycles. The Morgan fingerprint density at radius 2 is 2.25 bits per heavy atom. The van der Waals surface area contributed by atoms with Crippen LogP contribution in [0, 0.1) is 13.8 Å². The molecule has 0 bridgehead atoms. The van der Waals surface area contributed by atoms with E-state index < -0.39 is 0 Å². The van der Waals surface area contributed by atoms with Gasteiger partial charge in [-0.25, -0.2) is 4.98 Å². The van der Waals surface area contributed by atoms with E-state index in [-0.39, 0.29) is 5.91 Å². The number of fused-ring (bicyclic) bond motifs is 1. The third-order valence-electron chi connectivity index (χ3n) is 4.96. The van der Waals surface area contributed by atoms with Crippen LogP contribution in [0.15, 0.2) is 30.6 Å². The Kier molecular flexibility index (Phi) is 3.59. The summed E-state index contributed by atoms with van der Waals surface area (Å²) in [6, 6.07) is 5.90. The van der Waals surface area contributed by atoms with E-state index >= 15 is 0 Å². The number of carbonyl (C=O) groups excluding carboxylic acids is 1. The molecule has 6 nitrogen and oxygen atoms in total. The number of carbonyl (C=O) groups is 1. The molecule has 24 heavy (non-hydrogen) atoms. The van der Waals surface area contributed by atoms with Crippen LogP contribution in [0.5, 0.6) is 0 Å². The minimum Gasteiger partial charge on any atom is -0.342 e. The number of pyridine rings is 1. The lowest BCUT2D eigenvalue weighted by Crippen LogP contribution is -2.30. The van der Waals surface area contributed by atoms with E-state index in [1.54, 1.807) is 0 Å². The Morgan fingerprint density at radius 1 is 1.38 bits per heavy atom. The van der Waals surface area contributed by atoms with Gasteiger partial charge >= 0.3 is 0 Å². The average molecular weight is 323 g/mol. The standard InChI is InChI=1S/C18H21N5O/c1-12-10-19-21-18(12)14-6-8-22(11-14)17(24)9-15-13(2)20-16-5-3-4-7-23(15)16/h3-5,7,10,14H,6,8-9,11H2,1-2H3,(H,19,21)/t14-/m1/s1. The molecule has 3 aromatic rings. The molecule has 0 spiro atoms. The summed E-state index contributed by atoms with van der Waals surface area (Å²) in [5.74, 6) is 0.531. The lowest BCUT2D eigenvalue weighted by molar-refractivity contribution is -0.129. The minimum atomic E-state index is 0.170. The van der Waals surface area contributed by atoms with E-state index in [0.717, 1.165) is 42.2 Å². The first-order valence-electron chi connectivity index (χ1n) is 8.33. The molecule has 1 aliphatic heterocycles. The molecule has 124 valence electrons. The fourth-order valence-electron chi connectivity index (χ4n) is 3.62. The maximum atomic E-state index is 12.8. The number of aromatic nitrogens is 4. The molecule has 6 heteroatoms. The second-order valence-corrected chi connectivity index (χ2v) is 6.54. The smallest absolute Gasteiger partial charge is 0.228 e. The summed E-state index contributed by atoms with van der Waals surface area (Å²) in [6.07, 6.45) is 5.20. The number of imidazole rings is 1. The first-order valence-corrected chi connectivity index (χ1v) is 8.33. The summed E-state index contributed by atoms with van der Waals surface area (Å²) in [7, 11) is 0. The molecule has 0 unspecified atom stereocenters. The summed E-state index contributed by atoms with van der Waals surface area (Å²) in [4.78, 5) is 19.3. The zero-order valence-corrected chi connectivity index (χ0v) is 14.0. The van der Waals surface area contributed by atoms with Crippen molar-refractivity contribution in [1.82, 2.24) is 24.5 Å². The number of amides is 1. The van der Waals surface area contributed by atoms with Gasteiger partial charge in [-0.2, -0.15) is 5.10 Å². The normalized spacial score (nSPS) is 17.8. The number of hydrogen-bond donors (Lipinski definition) is 1. The van der Waals surface area contributed by atoms with Crippen molar-refractivity contribution < 1.29 is 4.79 Å². The maximum Gasteiger partial charge on any atom is 0.228 e. The largest absolute Gasteiger partial charge is 0.342 e. The highest BCUT2D eigenvalue weighted by Gasteiger charge is 2.29. The van der Waals surface area contributed by atoms with Gasteiger partial charge in [-0.3, -0.25) is 9.89 Å². The third-order valence-corrected chi connectivity index (χ3v) is 4.96. The maximum absolute atomic E-state index is 12.8. The quantitative estimate of drug-likeness (QED) is 0.804. The number of likely N-dealkylation sites (tertiary alicyclic amines) is 1. The van der Waals surface area contributed by atoms with Crippen LogP contribution in [0.3, 0.4) is 0 Å². The minimum absolute atomic E-state index is 0.170. The Morgan fingerprint density at radius 3 is 3.04 bits per heavy atom. The molecule has 4 rings (SSSR count). The van der Waals surface area contributed by atoms with Gasteiger partial charge in [-0.1, -0.05) is 6.07 Å². The Balaban J connectivity index is 1.51. The summed E-state index contributed by atoms with van der Waals surface area (Å²) in [5, 5.41) is 7.19. The number of aromatic amines is 1. The van der Waals surface area contributed by atoms with Gasteiger partial charge in [0.05, 0.1) is 24.0 Å². The van der Waals surface area contributed by atoms with Gasteiger partial charge in [0.2, 0.25) is 5.91 Å². The zero-order valence-electron chi connectivity index (χ0n) is 14.0. The monoisotopic (exact) mass is 323 g/mol. The van der Waals surface area contributed by atoms with Crippen LogP contribution in [0.1, 0.15) is 35.0 Å². The number of nitrogens with zero attached hydrogens (tertiary/aromatic N) is 4. The second kappa shape index (κ2) is 5.78. The fourth-order valence-corrected chi connectivity index (χ4v) is 3.62. The molecule has 1 aliphatic rings. The van der Waals surface area contributed by atoms with Crippen LogP contribution in [-0.4, -0.2) is 43.5 Å². The molecule has 4 heterocycles. The topological polar surface area (TPSA) is 66.3 Å². The van der Waals surface area contributed by atoms with Crippen molar-refractivity contribution in [3.05, 3.63) is 53.2 Å². The van der Waals surface area contributed by atoms with Gasteiger partial charge in [0.25, 0.3) is 0 Å². The van der Waals surface area contributed by atoms with Gasteiger partial charge in [-0.15, -0.1) is 0 Å². The van der Waals surface area contributed by atoms with E-state index in [1.807, 2.05) is 46.8 Å². The van der Waals surface area contributed by atoms with Crippen molar-refractivity contribution in [2.24, 2.45) is 0 Å². The average Bonchev–Trinajstić information content (AvgIpc) is 3.27. The van der Waals surface area contributed by atoms with Crippen LogP contribution in [0.25, 0.3) is 5.65 Å². The van der Waals surface area contributed by atoms with E-state index in [4.69, 9.17) is 0 Å². The van der Waals surface area contributed by atoms with Crippen LogP contribution in [0.2, 0.25) is 0 Å². The molecule has 1 saturated heterocycles. The Bertz CT molecular complexity index is 894. The van der Waals surface area contributed by atoms with Crippen molar-refractivity contribution in [3.63, 3.8) is 0 Å². The molecule has 0 aliphatic carbocycles. The Labute approximate surface area is 140 Å². The summed E-state index contributed by atoms with van der Waals surface area (Å²) in [5.41, 5.74) is 5.14. The van der Waals surface area contributed by atoms with Gasteiger partial charge in [0.1, 0.15) is 5.65 Å². The number of rotatable bonds is 3. The van der Waals surface area contributed by atoms with Crippen LogP contribution >= 0.6 is 0 Å². The molecule has 1 atom stereocenters. The number of nitrogens with one attached hydrogen (secondary N) is 1. The molecule has 1 fully saturated rings. The second-order valence-electron chi connectivity index (χ2n) is 6.54. The molecule has 1 N–H and O–H groups in total. The van der Waals surface area contributed by atoms with Crippen LogP contribution < -0.4 is 0 Å². The summed E-state index contributed by atoms with van der Waals surface area (Å²) in [6.45, 7) is 5.59. The van der Waals surface area contributed by atoms with Crippen LogP contribution in [0.4, 0.5) is 0 Å². The van der Waals surface area contributed by atoms with E-state index in [0.29, 0.717) is 12.3 Å². The highest BCUT2D eigenvalue weighted by Crippen LogP contribution is 2.28. The predicted molar refractivity (Wildman–Crippen MR) is 90.9 cm³/mol. The number of hydrogen-bond acceptors (Lipinski definition) is 3. The highest BCUT2D eigenvalue weighted by atomic mass is 16.2. The van der Waals surface area contributed by atoms with E-state index in [1.165, 1.54) is 5.56 Å². The summed E-state index contributed by atoms with van der Waals surface area (Å²) >= 11 is 0. The van der Waals surface area contributed by atoms with E-state index in [9.17, 15) is 4.79 Å². The summed E-state index contributed by atoms with van der Waals surface area (Å²) < 4.78 is 2.01. The van der Waals surface area contributed by atoms with Gasteiger partial charge in [-0.05, 0) is 38.0 Å². The lowest BCUT2D eigenvalue weighted by Gasteiger charge is -2.16. The fraction of sp³-hybridized carbons (Fsp3) is 0.389. The van der Waals surface area contributed by atoms with Gasteiger partial charge in [0, 0.05) is 30.9 Å². The molecular weight excluding hydrogens is 302 g/mol. The number of aryl methyl sites for hydroxylation is 2. The molecule has 0 saturated carbocycles. The Hall–Kier alpha value is -2.63. The first kappa shape index (κ1) is 14.9. The van der Waals surface area contributed by atoms with Crippen LogP contribution in [-0.2, 0) is 11.2 Å². The van der Waals surface area contributed by atoms with Crippen molar-refractivity contribution >= 4 is 11.6 Å². The van der Waals surface area contributed by atoms with Crippen molar-refractivity contribution in [2.75, 3.05) is 13.1 Å². The molecular formula is C18H21N5O. The molecule has 1 amide bonds. The third kappa shape index (κ3) is 2.48.